The van der Waals surface area contributed by atoms with Crippen LogP contribution in [0.2, 0.25) is 0 Å². The molecule has 1 amide bonds. The van der Waals surface area contributed by atoms with E-state index in [0.29, 0.717) is 6.54 Å². The molecule has 2 rings (SSSR count). The normalized spacial score (nSPS) is 15.9. The maximum Gasteiger partial charge on any atom is 0.230 e. The molecule has 1 heterocycles. The number of benzene rings is 1. The number of phenolic OH excluding ortho intramolecular Hbond substituents is 1. The molecule has 21 heavy (non-hydrogen) atoms. The molecule has 1 aromatic carbocycles. The Bertz CT molecular complexity index is 479. The largest absolute Gasteiger partial charge is 0.508 e. The Morgan fingerprint density at radius 2 is 1.86 bits per heavy atom. The highest BCUT2D eigenvalue weighted by molar-refractivity contribution is 5.82. The van der Waals surface area contributed by atoms with Gasteiger partial charge in [0.25, 0.3) is 0 Å². The van der Waals surface area contributed by atoms with Crippen molar-refractivity contribution in [2.75, 3.05) is 44.7 Å². The van der Waals surface area contributed by atoms with E-state index in [2.05, 4.69) is 10.2 Å². The number of nitrogens with one attached hydrogen (secondary N) is 1. The van der Waals surface area contributed by atoms with Gasteiger partial charge in [-0.25, -0.2) is 0 Å². The zero-order valence-electron chi connectivity index (χ0n) is 13.1. The van der Waals surface area contributed by atoms with Crippen LogP contribution >= 0.6 is 0 Å². The summed E-state index contributed by atoms with van der Waals surface area (Å²) in [6.07, 6.45) is 0. The number of aromatic hydroxyl groups is 1. The van der Waals surface area contributed by atoms with Gasteiger partial charge < -0.3 is 20.2 Å². The van der Waals surface area contributed by atoms with Crippen LogP contribution in [0.25, 0.3) is 0 Å². The van der Waals surface area contributed by atoms with Crippen LogP contribution in [0.15, 0.2) is 24.3 Å². The number of nitrogens with zero attached hydrogens (tertiary/aromatic N) is 2. The molecular weight excluding hydrogens is 266 g/mol. The summed E-state index contributed by atoms with van der Waals surface area (Å²) in [5, 5.41) is 12.6. The number of carbonyl (C=O) groups is 1. The Morgan fingerprint density at radius 1 is 1.29 bits per heavy atom. The Morgan fingerprint density at radius 3 is 2.43 bits per heavy atom. The van der Waals surface area contributed by atoms with E-state index >= 15 is 0 Å². The lowest BCUT2D eigenvalue weighted by Gasteiger charge is -2.37. The molecule has 1 aliphatic rings. The molecule has 5 heteroatoms. The summed E-state index contributed by atoms with van der Waals surface area (Å²) >= 11 is 0. The molecule has 0 spiro atoms. The topological polar surface area (TPSA) is 55.8 Å². The highest BCUT2D eigenvalue weighted by Gasteiger charge is 2.33. The number of hydrogen-bond donors (Lipinski definition) is 2. The minimum Gasteiger partial charge on any atom is -0.508 e. The molecule has 0 atom stereocenters. The van der Waals surface area contributed by atoms with Gasteiger partial charge in [-0.15, -0.1) is 0 Å². The van der Waals surface area contributed by atoms with Crippen LogP contribution in [-0.4, -0.2) is 55.7 Å². The van der Waals surface area contributed by atoms with E-state index in [4.69, 9.17) is 0 Å². The molecule has 0 aromatic heterocycles. The maximum atomic E-state index is 12.7. The summed E-state index contributed by atoms with van der Waals surface area (Å²) in [5.74, 6) is 0.456. The van der Waals surface area contributed by atoms with E-state index in [1.807, 2.05) is 37.9 Å². The first kappa shape index (κ1) is 15.6. The van der Waals surface area contributed by atoms with E-state index < -0.39 is 5.41 Å². The highest BCUT2D eigenvalue weighted by Crippen LogP contribution is 2.25. The monoisotopic (exact) mass is 291 g/mol. The predicted octanol–water partition coefficient (Wildman–Crippen LogP) is 1.29. The molecule has 0 bridgehead atoms. The molecule has 0 aliphatic carbocycles. The van der Waals surface area contributed by atoms with Crippen LogP contribution in [0.3, 0.4) is 0 Å². The van der Waals surface area contributed by atoms with Gasteiger partial charge in [-0.05, 0) is 38.1 Å². The number of piperazine rings is 1. The van der Waals surface area contributed by atoms with Crippen molar-refractivity contribution in [2.24, 2.45) is 5.41 Å². The summed E-state index contributed by atoms with van der Waals surface area (Å²) in [6.45, 7) is 7.94. The third-order valence-corrected chi connectivity index (χ3v) is 3.91. The van der Waals surface area contributed by atoms with Crippen LogP contribution in [0, 0.1) is 5.41 Å². The van der Waals surface area contributed by atoms with E-state index in [9.17, 15) is 9.90 Å². The van der Waals surface area contributed by atoms with Crippen LogP contribution in [-0.2, 0) is 4.79 Å². The lowest BCUT2D eigenvalue weighted by atomic mass is 9.90. The first-order valence-electron chi connectivity index (χ1n) is 7.40. The van der Waals surface area contributed by atoms with E-state index in [0.717, 1.165) is 31.9 Å². The number of carbonyl (C=O) groups excluding carboxylic acids is 1. The first-order valence-corrected chi connectivity index (χ1v) is 7.40. The zero-order chi connectivity index (χ0) is 15.5. The van der Waals surface area contributed by atoms with Crippen molar-refractivity contribution in [1.29, 1.82) is 0 Å². The zero-order valence-corrected chi connectivity index (χ0v) is 13.1. The highest BCUT2D eigenvalue weighted by atomic mass is 16.3. The smallest absolute Gasteiger partial charge is 0.230 e. The molecule has 2 N–H and O–H groups in total. The van der Waals surface area contributed by atoms with Crippen molar-refractivity contribution in [2.45, 2.75) is 13.8 Å². The maximum absolute atomic E-state index is 12.7. The fourth-order valence-corrected chi connectivity index (χ4v) is 2.75. The molecule has 116 valence electrons. The second-order valence-corrected chi connectivity index (χ2v) is 6.30. The summed E-state index contributed by atoms with van der Waals surface area (Å²) in [4.78, 5) is 16.7. The van der Waals surface area contributed by atoms with Gasteiger partial charge in [0.2, 0.25) is 5.91 Å². The first-order chi connectivity index (χ1) is 9.90. The van der Waals surface area contributed by atoms with E-state index in [-0.39, 0.29) is 11.7 Å². The van der Waals surface area contributed by atoms with Crippen molar-refractivity contribution in [3.8, 4) is 5.75 Å². The minimum absolute atomic E-state index is 0.203. The summed E-state index contributed by atoms with van der Waals surface area (Å²) in [5.41, 5.74) is 0.554. The van der Waals surface area contributed by atoms with Gasteiger partial charge in [0.1, 0.15) is 5.75 Å². The molecule has 1 fully saturated rings. The van der Waals surface area contributed by atoms with Crippen molar-refractivity contribution in [3.63, 3.8) is 0 Å². The molecule has 0 unspecified atom stereocenters. The number of anilines is 1. The number of amides is 1. The van der Waals surface area contributed by atoms with Crippen LogP contribution in [0.1, 0.15) is 13.8 Å². The lowest BCUT2D eigenvalue weighted by Crippen LogP contribution is -2.52. The van der Waals surface area contributed by atoms with Gasteiger partial charge >= 0.3 is 0 Å². The number of hydrogen-bond acceptors (Lipinski definition) is 4. The van der Waals surface area contributed by atoms with Crippen LogP contribution < -0.4 is 10.2 Å². The Hall–Kier alpha value is -1.75. The minimum atomic E-state index is -0.440. The summed E-state index contributed by atoms with van der Waals surface area (Å²) in [6, 6.07) is 7.05. The Balaban J connectivity index is 2.01. The Kier molecular flexibility index (Phi) is 4.73. The molecule has 0 saturated carbocycles. The van der Waals surface area contributed by atoms with Crippen LogP contribution in [0.4, 0.5) is 5.69 Å². The molecule has 1 aliphatic heterocycles. The quantitative estimate of drug-likeness (QED) is 0.877. The standard InChI is InChI=1S/C16H25N3O2/c1-16(2,15(21)19-10-8-17-9-11-19)12-18(3)13-4-6-14(20)7-5-13/h4-7,17,20H,8-12H2,1-3H3. The third-order valence-electron chi connectivity index (χ3n) is 3.91. The fraction of sp³-hybridized carbons (Fsp3) is 0.562. The average molecular weight is 291 g/mol. The summed E-state index contributed by atoms with van der Waals surface area (Å²) in [7, 11) is 1.97. The fourth-order valence-electron chi connectivity index (χ4n) is 2.75. The van der Waals surface area contributed by atoms with Gasteiger partial charge in [0.15, 0.2) is 0 Å². The molecule has 5 nitrogen and oxygen atoms in total. The molecule has 1 saturated heterocycles. The van der Waals surface area contributed by atoms with E-state index in [1.165, 1.54) is 0 Å². The van der Waals surface area contributed by atoms with Crippen molar-refractivity contribution in [3.05, 3.63) is 24.3 Å². The van der Waals surface area contributed by atoms with Crippen LogP contribution in [0.5, 0.6) is 5.75 Å². The average Bonchev–Trinajstić information content (AvgIpc) is 2.47. The molecule has 1 aromatic rings. The Labute approximate surface area is 126 Å². The second kappa shape index (κ2) is 6.35. The van der Waals surface area contributed by atoms with Crippen molar-refractivity contribution >= 4 is 11.6 Å². The van der Waals surface area contributed by atoms with Gasteiger partial charge in [0, 0.05) is 45.5 Å². The van der Waals surface area contributed by atoms with Gasteiger partial charge in [-0.2, -0.15) is 0 Å². The van der Waals surface area contributed by atoms with Gasteiger partial charge in [-0.3, -0.25) is 4.79 Å². The van der Waals surface area contributed by atoms with Gasteiger partial charge in [-0.1, -0.05) is 0 Å². The number of phenols is 1. The summed E-state index contributed by atoms with van der Waals surface area (Å²) < 4.78 is 0. The van der Waals surface area contributed by atoms with E-state index in [1.54, 1.807) is 12.1 Å². The van der Waals surface area contributed by atoms with Crippen molar-refractivity contribution in [1.82, 2.24) is 10.2 Å². The lowest BCUT2D eigenvalue weighted by molar-refractivity contribution is -0.140. The predicted molar refractivity (Wildman–Crippen MR) is 84.6 cm³/mol. The number of rotatable bonds is 4. The van der Waals surface area contributed by atoms with Crippen molar-refractivity contribution < 1.29 is 9.90 Å². The third kappa shape index (κ3) is 3.88. The van der Waals surface area contributed by atoms with Gasteiger partial charge in [0.05, 0.1) is 5.41 Å². The molecular formula is C16H25N3O2. The SMILES string of the molecule is CN(CC(C)(C)C(=O)N1CCNCC1)c1ccc(O)cc1. The second-order valence-electron chi connectivity index (χ2n) is 6.30. The molecule has 0 radical (unpaired) electrons.